The van der Waals surface area contributed by atoms with Gasteiger partial charge >= 0.3 is 5.97 Å². The van der Waals surface area contributed by atoms with Gasteiger partial charge in [0.2, 0.25) is 0 Å². The van der Waals surface area contributed by atoms with Crippen molar-refractivity contribution in [1.82, 2.24) is 0 Å². The second-order valence-electron chi connectivity index (χ2n) is 12.3. The summed E-state index contributed by atoms with van der Waals surface area (Å²) in [6.45, 7) is 5.51. The summed E-state index contributed by atoms with van der Waals surface area (Å²) in [6, 6.07) is 0. The second kappa shape index (κ2) is 35.3. The van der Waals surface area contributed by atoms with Crippen molar-refractivity contribution in [2.24, 2.45) is 0 Å². The predicted octanol–water partition coefficient (Wildman–Crippen LogP) is 11.4. The molecule has 0 aliphatic heterocycles. The highest BCUT2D eigenvalue weighted by Crippen LogP contribution is 2.13. The average molecular weight is 581 g/mol. The minimum atomic E-state index is -0.722. The third-order valence-corrected chi connectivity index (χ3v) is 8.03. The highest BCUT2D eigenvalue weighted by Gasteiger charge is 2.09. The van der Waals surface area contributed by atoms with Gasteiger partial charge in [-0.05, 0) is 38.5 Å². The Kier molecular flexibility index (Phi) is 34.6. The molecular formula is C37H72O4. The van der Waals surface area contributed by atoms with E-state index in [-0.39, 0.29) is 19.2 Å². The highest BCUT2D eigenvalue weighted by atomic mass is 16.5. The lowest BCUT2D eigenvalue weighted by molar-refractivity contribution is -0.147. The van der Waals surface area contributed by atoms with Crippen LogP contribution in [0.1, 0.15) is 194 Å². The van der Waals surface area contributed by atoms with Gasteiger partial charge in [0.15, 0.2) is 0 Å². The highest BCUT2D eigenvalue weighted by molar-refractivity contribution is 5.69. The van der Waals surface area contributed by atoms with E-state index in [9.17, 15) is 9.90 Å². The molecule has 0 radical (unpaired) electrons. The van der Waals surface area contributed by atoms with Crippen LogP contribution in [0.4, 0.5) is 0 Å². The smallest absolute Gasteiger partial charge is 0.305 e. The molecule has 0 aromatic carbocycles. The van der Waals surface area contributed by atoms with Crippen LogP contribution in [0.15, 0.2) is 12.2 Å². The van der Waals surface area contributed by atoms with Crippen LogP contribution < -0.4 is 0 Å². The molecule has 0 saturated heterocycles. The summed E-state index contributed by atoms with van der Waals surface area (Å²) in [6.07, 6.45) is 39.5. The first-order valence-corrected chi connectivity index (χ1v) is 18.3. The maximum Gasteiger partial charge on any atom is 0.305 e. The molecule has 0 bridgehead atoms. The van der Waals surface area contributed by atoms with Crippen molar-refractivity contribution in [3.8, 4) is 0 Å². The minimum Gasteiger partial charge on any atom is -0.463 e. The first kappa shape index (κ1) is 40.1. The zero-order chi connectivity index (χ0) is 29.9. The standard InChI is InChI=1S/C37H72O4/c1-3-5-7-9-11-13-15-17-18-19-21-23-25-27-29-31-33-40-34-36(38)35-41-37(39)32-30-28-26-24-22-20-16-14-12-10-8-6-4-2/h17-18,36,38H,3-16,19-35H2,1-2H3/b18-17-. The number of carbonyl (C=O) groups is 1. The van der Waals surface area contributed by atoms with Crippen LogP contribution in [0.5, 0.6) is 0 Å². The Labute approximate surface area is 256 Å². The van der Waals surface area contributed by atoms with E-state index in [1.54, 1.807) is 0 Å². The largest absolute Gasteiger partial charge is 0.463 e. The number of rotatable bonds is 34. The van der Waals surface area contributed by atoms with Gasteiger partial charge in [-0.25, -0.2) is 0 Å². The molecule has 4 heteroatoms. The molecule has 0 rings (SSSR count). The van der Waals surface area contributed by atoms with E-state index < -0.39 is 6.10 Å². The fraction of sp³-hybridized carbons (Fsp3) is 0.919. The Balaban J connectivity index is 3.30. The van der Waals surface area contributed by atoms with Gasteiger partial charge in [0.25, 0.3) is 0 Å². The van der Waals surface area contributed by atoms with E-state index in [4.69, 9.17) is 9.47 Å². The number of carbonyl (C=O) groups excluding carboxylic acids is 1. The van der Waals surface area contributed by atoms with Gasteiger partial charge in [-0.15, -0.1) is 0 Å². The minimum absolute atomic E-state index is 0.0463. The molecule has 0 aliphatic carbocycles. The van der Waals surface area contributed by atoms with Gasteiger partial charge in [0.05, 0.1) is 6.61 Å². The number of aliphatic hydroxyl groups is 1. The van der Waals surface area contributed by atoms with Gasteiger partial charge in [-0.3, -0.25) is 4.79 Å². The molecule has 41 heavy (non-hydrogen) atoms. The Bertz CT molecular complexity index is 533. The summed E-state index contributed by atoms with van der Waals surface area (Å²) in [5, 5.41) is 10.0. The summed E-state index contributed by atoms with van der Waals surface area (Å²) >= 11 is 0. The molecule has 0 aromatic heterocycles. The third-order valence-electron chi connectivity index (χ3n) is 8.03. The van der Waals surface area contributed by atoms with Crippen LogP contribution >= 0.6 is 0 Å². The Morgan fingerprint density at radius 2 is 0.927 bits per heavy atom. The van der Waals surface area contributed by atoms with E-state index in [0.717, 1.165) is 19.3 Å². The van der Waals surface area contributed by atoms with E-state index in [0.29, 0.717) is 13.0 Å². The summed E-state index contributed by atoms with van der Waals surface area (Å²) in [4.78, 5) is 11.9. The van der Waals surface area contributed by atoms with E-state index in [2.05, 4.69) is 26.0 Å². The van der Waals surface area contributed by atoms with Gasteiger partial charge in [-0.1, -0.05) is 161 Å². The SMILES string of the molecule is CCCCCCCC/C=C\CCCCCCCCOCC(O)COC(=O)CCCCCCCCCCCCCCC. The number of ether oxygens (including phenoxy) is 2. The maximum absolute atomic E-state index is 11.9. The topological polar surface area (TPSA) is 55.8 Å². The van der Waals surface area contributed by atoms with Gasteiger partial charge < -0.3 is 14.6 Å². The number of allylic oxidation sites excluding steroid dienone is 2. The molecule has 4 nitrogen and oxygen atoms in total. The molecule has 0 aromatic rings. The van der Waals surface area contributed by atoms with Crippen molar-refractivity contribution in [1.29, 1.82) is 0 Å². The normalized spacial score (nSPS) is 12.4. The lowest BCUT2D eigenvalue weighted by Gasteiger charge is -2.12. The average Bonchev–Trinajstić information content (AvgIpc) is 2.97. The molecule has 1 atom stereocenters. The first-order valence-electron chi connectivity index (χ1n) is 18.3. The van der Waals surface area contributed by atoms with Gasteiger partial charge in [-0.2, -0.15) is 0 Å². The maximum atomic E-state index is 11.9. The number of unbranched alkanes of at least 4 members (excludes halogenated alkanes) is 24. The van der Waals surface area contributed by atoms with Crippen molar-refractivity contribution in [3.63, 3.8) is 0 Å². The lowest BCUT2D eigenvalue weighted by atomic mass is 10.0. The number of esters is 1. The molecule has 0 spiro atoms. The summed E-state index contributed by atoms with van der Waals surface area (Å²) < 4.78 is 10.8. The molecule has 0 amide bonds. The van der Waals surface area contributed by atoms with Crippen LogP contribution in [0, 0.1) is 0 Å². The summed E-state index contributed by atoms with van der Waals surface area (Å²) in [5.41, 5.74) is 0. The quantitative estimate of drug-likeness (QED) is 0.0467. The van der Waals surface area contributed by atoms with Crippen LogP contribution in [0.3, 0.4) is 0 Å². The van der Waals surface area contributed by atoms with E-state index in [1.165, 1.54) is 154 Å². The van der Waals surface area contributed by atoms with Crippen LogP contribution in [-0.2, 0) is 14.3 Å². The second-order valence-corrected chi connectivity index (χ2v) is 12.3. The molecule has 0 aliphatic rings. The zero-order valence-corrected chi connectivity index (χ0v) is 27.8. The van der Waals surface area contributed by atoms with Crippen molar-refractivity contribution in [3.05, 3.63) is 12.2 Å². The fourth-order valence-electron chi connectivity index (χ4n) is 5.27. The van der Waals surface area contributed by atoms with Gasteiger partial charge in [0.1, 0.15) is 12.7 Å². The first-order chi connectivity index (χ1) is 20.2. The molecule has 1 N–H and O–H groups in total. The van der Waals surface area contributed by atoms with Crippen molar-refractivity contribution in [2.75, 3.05) is 19.8 Å². The van der Waals surface area contributed by atoms with Crippen molar-refractivity contribution >= 4 is 5.97 Å². The van der Waals surface area contributed by atoms with Crippen molar-refractivity contribution < 1.29 is 19.4 Å². The Hall–Kier alpha value is -0.870. The number of hydrogen-bond acceptors (Lipinski definition) is 4. The van der Waals surface area contributed by atoms with Crippen molar-refractivity contribution in [2.45, 2.75) is 200 Å². The molecular weight excluding hydrogens is 508 g/mol. The summed E-state index contributed by atoms with van der Waals surface area (Å²) in [5.74, 6) is -0.194. The molecule has 0 saturated carbocycles. The Morgan fingerprint density at radius 3 is 1.39 bits per heavy atom. The predicted molar refractivity (Wildman–Crippen MR) is 178 cm³/mol. The fourth-order valence-corrected chi connectivity index (χ4v) is 5.27. The lowest BCUT2D eigenvalue weighted by Crippen LogP contribution is -2.24. The zero-order valence-electron chi connectivity index (χ0n) is 27.8. The molecule has 0 heterocycles. The Morgan fingerprint density at radius 1 is 0.537 bits per heavy atom. The summed E-state index contributed by atoms with van der Waals surface area (Å²) in [7, 11) is 0. The van der Waals surface area contributed by atoms with Crippen LogP contribution in [0.25, 0.3) is 0 Å². The third kappa shape index (κ3) is 35.2. The van der Waals surface area contributed by atoms with E-state index in [1.807, 2.05) is 0 Å². The molecule has 1 unspecified atom stereocenters. The van der Waals surface area contributed by atoms with E-state index >= 15 is 0 Å². The van der Waals surface area contributed by atoms with Gasteiger partial charge in [0, 0.05) is 13.0 Å². The molecule has 0 fully saturated rings. The number of hydrogen-bond donors (Lipinski definition) is 1. The monoisotopic (exact) mass is 581 g/mol. The number of aliphatic hydroxyl groups excluding tert-OH is 1. The van der Waals surface area contributed by atoms with Crippen LogP contribution in [0.2, 0.25) is 0 Å². The molecule has 244 valence electrons. The van der Waals surface area contributed by atoms with Crippen LogP contribution in [-0.4, -0.2) is 37.0 Å².